The van der Waals surface area contributed by atoms with Gasteiger partial charge in [0.2, 0.25) is 5.78 Å². The Bertz CT molecular complexity index is 891. The maximum Gasteiger partial charge on any atom is 0.343 e. The van der Waals surface area contributed by atoms with E-state index in [2.05, 4.69) is 4.98 Å². The first-order valence-electron chi connectivity index (χ1n) is 6.73. The molecule has 0 aliphatic carbocycles. The van der Waals surface area contributed by atoms with Gasteiger partial charge >= 0.3 is 5.82 Å². The molecule has 0 spiro atoms. The topological polar surface area (TPSA) is 83.0 Å². The van der Waals surface area contributed by atoms with E-state index in [4.69, 9.17) is 0 Å². The largest absolute Gasteiger partial charge is 0.358 e. The number of fused-ring (bicyclic) bond motifs is 1. The van der Waals surface area contributed by atoms with Gasteiger partial charge in [-0.2, -0.15) is 0 Å². The number of imidazole rings is 1. The maximum atomic E-state index is 12.6. The van der Waals surface area contributed by atoms with Crippen molar-refractivity contribution < 1.29 is 9.72 Å². The molecule has 112 valence electrons. The highest BCUT2D eigenvalue weighted by Gasteiger charge is 2.22. The van der Waals surface area contributed by atoms with Gasteiger partial charge < -0.3 is 14.7 Å². The summed E-state index contributed by atoms with van der Waals surface area (Å²) in [6.45, 7) is 1.54. The molecule has 2 heterocycles. The highest BCUT2D eigenvalue weighted by Crippen LogP contribution is 2.22. The van der Waals surface area contributed by atoms with E-state index >= 15 is 0 Å². The monoisotopic (exact) mass is 298 g/mol. The van der Waals surface area contributed by atoms with E-state index in [1.54, 1.807) is 13.1 Å². The van der Waals surface area contributed by atoms with Crippen LogP contribution in [0.4, 0.5) is 5.82 Å². The van der Waals surface area contributed by atoms with Crippen molar-refractivity contribution in [3.63, 3.8) is 0 Å². The number of Topliss-reactive ketones (excluding diaryl/α,β-unsaturated/α-hetero) is 1. The van der Waals surface area contributed by atoms with E-state index in [1.165, 1.54) is 10.8 Å². The summed E-state index contributed by atoms with van der Waals surface area (Å²) < 4.78 is 3.20. The van der Waals surface area contributed by atoms with E-state index in [-0.39, 0.29) is 18.1 Å². The Labute approximate surface area is 126 Å². The second-order valence-corrected chi connectivity index (χ2v) is 5.10. The molecule has 0 atom stereocenters. The lowest BCUT2D eigenvalue weighted by atomic mass is 10.1. The van der Waals surface area contributed by atoms with E-state index in [0.29, 0.717) is 11.4 Å². The van der Waals surface area contributed by atoms with Gasteiger partial charge in [-0.05, 0) is 11.0 Å². The first-order valence-corrected chi connectivity index (χ1v) is 6.73. The Morgan fingerprint density at radius 3 is 2.82 bits per heavy atom. The molecule has 1 aromatic carbocycles. The third kappa shape index (κ3) is 2.16. The molecule has 3 rings (SSSR count). The molecule has 7 nitrogen and oxygen atoms in total. The molecule has 2 aromatic heterocycles. The molecular weight excluding hydrogens is 284 g/mol. The fourth-order valence-electron chi connectivity index (χ4n) is 2.59. The Morgan fingerprint density at radius 1 is 1.36 bits per heavy atom. The summed E-state index contributed by atoms with van der Waals surface area (Å²) in [6, 6.07) is 7.57. The number of benzene rings is 1. The van der Waals surface area contributed by atoms with Crippen LogP contribution in [0.2, 0.25) is 0 Å². The molecule has 0 fully saturated rings. The number of para-hydroxylation sites is 1. The molecule has 0 saturated carbocycles. The minimum absolute atomic E-state index is 0.101. The van der Waals surface area contributed by atoms with E-state index in [1.807, 2.05) is 35.9 Å². The first kappa shape index (κ1) is 14.0. The van der Waals surface area contributed by atoms with E-state index in [0.717, 1.165) is 10.9 Å². The summed E-state index contributed by atoms with van der Waals surface area (Å²) >= 11 is 0. The third-order valence-corrected chi connectivity index (χ3v) is 3.72. The van der Waals surface area contributed by atoms with Crippen LogP contribution in [0.3, 0.4) is 0 Å². The summed E-state index contributed by atoms with van der Waals surface area (Å²) in [5.41, 5.74) is 1.50. The number of aromatic nitrogens is 3. The Morgan fingerprint density at radius 2 is 2.09 bits per heavy atom. The zero-order chi connectivity index (χ0) is 15.9. The van der Waals surface area contributed by atoms with Crippen LogP contribution in [0.25, 0.3) is 10.9 Å². The van der Waals surface area contributed by atoms with Crippen molar-refractivity contribution in [2.24, 2.45) is 7.05 Å². The van der Waals surface area contributed by atoms with Gasteiger partial charge in [-0.25, -0.2) is 9.55 Å². The fourth-order valence-corrected chi connectivity index (χ4v) is 2.59. The van der Waals surface area contributed by atoms with Gasteiger partial charge in [0, 0.05) is 36.6 Å². The molecule has 0 aliphatic heterocycles. The number of rotatable bonds is 4. The Hall–Kier alpha value is -2.96. The summed E-state index contributed by atoms with van der Waals surface area (Å²) in [6.07, 6.45) is 2.93. The molecule has 7 heteroatoms. The van der Waals surface area contributed by atoms with Gasteiger partial charge in [0.05, 0.1) is 0 Å². The summed E-state index contributed by atoms with van der Waals surface area (Å²) in [5, 5.41) is 11.8. The van der Waals surface area contributed by atoms with Crippen LogP contribution in [0.1, 0.15) is 16.2 Å². The van der Waals surface area contributed by atoms with Gasteiger partial charge in [0.15, 0.2) is 12.4 Å². The number of aryl methyl sites for hydroxylation is 2. The van der Waals surface area contributed by atoms with Gasteiger partial charge in [0.25, 0.3) is 0 Å². The number of carbonyl (C=O) groups is 1. The molecule has 0 saturated heterocycles. The highest BCUT2D eigenvalue weighted by atomic mass is 16.6. The summed E-state index contributed by atoms with van der Waals surface area (Å²) in [7, 11) is 1.87. The fraction of sp³-hybridized carbons (Fsp3) is 0.200. The van der Waals surface area contributed by atoms with Gasteiger partial charge in [0.1, 0.15) is 6.20 Å². The summed E-state index contributed by atoms with van der Waals surface area (Å²) in [5.74, 6) is 0.0902. The Balaban J connectivity index is 2.01. The van der Waals surface area contributed by atoms with Gasteiger partial charge in [-0.15, -0.1) is 0 Å². The molecule has 0 amide bonds. The third-order valence-electron chi connectivity index (χ3n) is 3.72. The molecule has 0 unspecified atom stereocenters. The summed E-state index contributed by atoms with van der Waals surface area (Å²) in [4.78, 5) is 27.0. The van der Waals surface area contributed by atoms with Crippen molar-refractivity contribution in [1.29, 1.82) is 0 Å². The normalized spacial score (nSPS) is 11.0. The average molecular weight is 298 g/mol. The highest BCUT2D eigenvalue weighted by molar-refractivity contribution is 6.08. The number of hydrogen-bond acceptors (Lipinski definition) is 4. The number of carbonyl (C=O) groups excluding carboxylic acids is 1. The molecule has 0 aliphatic rings. The van der Waals surface area contributed by atoms with Crippen molar-refractivity contribution in [2.45, 2.75) is 13.5 Å². The molecule has 22 heavy (non-hydrogen) atoms. The van der Waals surface area contributed by atoms with E-state index in [9.17, 15) is 14.9 Å². The van der Waals surface area contributed by atoms with Crippen LogP contribution < -0.4 is 0 Å². The SMILES string of the molecule is Cc1ncc([N+](=O)[O-])n1CC(=O)c1cn(C)c2ccccc12. The van der Waals surface area contributed by atoms with Crippen LogP contribution in [0.5, 0.6) is 0 Å². The molecule has 3 aromatic rings. The van der Waals surface area contributed by atoms with Crippen LogP contribution in [-0.2, 0) is 13.6 Å². The minimum Gasteiger partial charge on any atom is -0.358 e. The maximum absolute atomic E-state index is 12.6. The quantitative estimate of drug-likeness (QED) is 0.421. The zero-order valence-corrected chi connectivity index (χ0v) is 12.2. The molecular formula is C15H14N4O3. The van der Waals surface area contributed by atoms with Crippen molar-refractivity contribution in [1.82, 2.24) is 14.1 Å². The predicted molar refractivity (Wildman–Crippen MR) is 80.9 cm³/mol. The van der Waals surface area contributed by atoms with Crippen molar-refractivity contribution in [3.8, 4) is 0 Å². The minimum atomic E-state index is -0.531. The van der Waals surface area contributed by atoms with Crippen LogP contribution in [0.15, 0.2) is 36.7 Å². The number of nitrogens with zero attached hydrogens (tertiary/aromatic N) is 4. The standard InChI is InChI=1S/C15H14N4O3/c1-10-16-7-15(19(21)22)18(10)9-14(20)12-8-17(2)13-6-4-3-5-11(12)13/h3-8H,9H2,1-2H3. The van der Waals surface area contributed by atoms with Crippen LogP contribution in [-0.4, -0.2) is 24.8 Å². The average Bonchev–Trinajstić information content (AvgIpc) is 3.01. The molecule has 0 N–H and O–H groups in total. The number of nitro groups is 1. The second kappa shape index (κ2) is 5.10. The number of hydrogen-bond donors (Lipinski definition) is 0. The van der Waals surface area contributed by atoms with Gasteiger partial charge in [-0.1, -0.05) is 18.2 Å². The predicted octanol–water partition coefficient (Wildman–Crippen LogP) is 2.47. The lowest BCUT2D eigenvalue weighted by molar-refractivity contribution is -0.392. The van der Waals surface area contributed by atoms with Crippen LogP contribution >= 0.6 is 0 Å². The second-order valence-electron chi connectivity index (χ2n) is 5.10. The lowest BCUT2D eigenvalue weighted by Crippen LogP contribution is -2.13. The van der Waals surface area contributed by atoms with Crippen molar-refractivity contribution >= 4 is 22.5 Å². The van der Waals surface area contributed by atoms with Crippen molar-refractivity contribution in [2.75, 3.05) is 0 Å². The van der Waals surface area contributed by atoms with Crippen LogP contribution in [0, 0.1) is 17.0 Å². The molecule has 0 bridgehead atoms. The number of ketones is 1. The molecule has 0 radical (unpaired) electrons. The van der Waals surface area contributed by atoms with E-state index < -0.39 is 4.92 Å². The zero-order valence-electron chi connectivity index (χ0n) is 12.2. The smallest absolute Gasteiger partial charge is 0.343 e. The lowest BCUT2D eigenvalue weighted by Gasteiger charge is -2.02. The van der Waals surface area contributed by atoms with Crippen molar-refractivity contribution in [3.05, 3.63) is 58.2 Å². The Kier molecular flexibility index (Phi) is 3.25. The first-order chi connectivity index (χ1) is 10.5. The van der Waals surface area contributed by atoms with Gasteiger partial charge in [-0.3, -0.25) is 4.79 Å².